The second-order valence-corrected chi connectivity index (χ2v) is 5.88. The van der Waals surface area contributed by atoms with E-state index in [4.69, 9.17) is 11.6 Å². The highest BCUT2D eigenvalue weighted by Crippen LogP contribution is 2.27. The van der Waals surface area contributed by atoms with Gasteiger partial charge in [-0.15, -0.1) is 10.2 Å². The summed E-state index contributed by atoms with van der Waals surface area (Å²) in [6, 6.07) is 12.5. The van der Waals surface area contributed by atoms with E-state index in [-0.39, 0.29) is 0 Å². The maximum Gasteiger partial charge on any atom is 0.159 e. The highest BCUT2D eigenvalue weighted by atomic mass is 35.5. The molecule has 1 fully saturated rings. The zero-order chi connectivity index (χ0) is 14.7. The number of aromatic nitrogens is 2. The molecule has 5 heteroatoms. The van der Waals surface area contributed by atoms with Crippen LogP contribution in [0.4, 0.5) is 5.82 Å². The topological polar surface area (TPSA) is 41.0 Å². The summed E-state index contributed by atoms with van der Waals surface area (Å²) in [5, 5.41) is 12.2. The van der Waals surface area contributed by atoms with Gasteiger partial charge in [-0.2, -0.15) is 0 Å². The van der Waals surface area contributed by atoms with E-state index in [1.54, 1.807) is 0 Å². The summed E-state index contributed by atoms with van der Waals surface area (Å²) in [5.41, 5.74) is 1.98. The van der Waals surface area contributed by atoms with Crippen LogP contribution < -0.4 is 5.32 Å². The van der Waals surface area contributed by atoms with E-state index < -0.39 is 0 Å². The smallest absolute Gasteiger partial charge is 0.159 e. The molecule has 0 atom stereocenters. The van der Waals surface area contributed by atoms with E-state index in [0.717, 1.165) is 42.9 Å². The Morgan fingerprint density at radius 2 is 1.86 bits per heavy atom. The zero-order valence-electron chi connectivity index (χ0n) is 12.1. The van der Waals surface area contributed by atoms with Crippen LogP contribution in [0, 0.1) is 0 Å². The minimum atomic E-state index is 0.440. The van der Waals surface area contributed by atoms with Gasteiger partial charge in [0.1, 0.15) is 5.82 Å². The molecule has 1 N–H and O–H groups in total. The lowest BCUT2D eigenvalue weighted by atomic mass is 10.1. The predicted molar refractivity (Wildman–Crippen MR) is 86.6 cm³/mol. The minimum Gasteiger partial charge on any atom is -0.366 e. The van der Waals surface area contributed by atoms with Crippen molar-refractivity contribution >= 4 is 17.4 Å². The highest BCUT2D eigenvalue weighted by Gasteiger charge is 2.17. The molecule has 0 aliphatic carbocycles. The van der Waals surface area contributed by atoms with Gasteiger partial charge in [-0.25, -0.2) is 0 Å². The van der Waals surface area contributed by atoms with Crippen LogP contribution in [0.25, 0.3) is 11.1 Å². The second-order valence-electron chi connectivity index (χ2n) is 5.52. The van der Waals surface area contributed by atoms with Crippen LogP contribution in [0.15, 0.2) is 36.4 Å². The van der Waals surface area contributed by atoms with Crippen LogP contribution in [0.1, 0.15) is 12.8 Å². The first-order chi connectivity index (χ1) is 10.2. The maximum atomic E-state index is 6.18. The Morgan fingerprint density at radius 1 is 1.14 bits per heavy atom. The molecule has 0 radical (unpaired) electrons. The molecule has 0 unspecified atom stereocenters. The van der Waals surface area contributed by atoms with E-state index >= 15 is 0 Å². The lowest BCUT2D eigenvalue weighted by Gasteiger charge is -2.29. The van der Waals surface area contributed by atoms with Gasteiger partial charge in [0.15, 0.2) is 5.15 Å². The van der Waals surface area contributed by atoms with Gasteiger partial charge in [-0.05, 0) is 44.6 Å². The molecule has 0 saturated carbocycles. The molecule has 21 heavy (non-hydrogen) atoms. The molecule has 0 amide bonds. The van der Waals surface area contributed by atoms with Gasteiger partial charge in [0.05, 0.1) is 0 Å². The molecule has 1 aromatic carbocycles. The number of hydrogen-bond donors (Lipinski definition) is 1. The summed E-state index contributed by atoms with van der Waals surface area (Å²) >= 11 is 6.18. The Balaban J connectivity index is 1.78. The van der Waals surface area contributed by atoms with Gasteiger partial charge in [0.2, 0.25) is 0 Å². The Morgan fingerprint density at radius 3 is 2.57 bits per heavy atom. The molecule has 2 heterocycles. The van der Waals surface area contributed by atoms with E-state index in [1.165, 1.54) is 0 Å². The fraction of sp³-hybridized carbons (Fsp3) is 0.375. The number of nitrogens with one attached hydrogen (secondary N) is 1. The number of hydrogen-bond acceptors (Lipinski definition) is 4. The van der Waals surface area contributed by atoms with E-state index in [9.17, 15) is 0 Å². The summed E-state index contributed by atoms with van der Waals surface area (Å²) in [6.45, 7) is 2.23. The normalized spacial score (nSPS) is 16.9. The molecule has 110 valence electrons. The van der Waals surface area contributed by atoms with Gasteiger partial charge in [0, 0.05) is 11.6 Å². The summed E-state index contributed by atoms with van der Waals surface area (Å²) in [6.07, 6.45) is 2.25. The largest absolute Gasteiger partial charge is 0.366 e. The van der Waals surface area contributed by atoms with Crippen molar-refractivity contribution in [2.45, 2.75) is 18.9 Å². The number of benzene rings is 1. The standard InChI is InChI=1S/C16H19ClN4/c1-21-9-7-13(8-10-21)18-15-11-14(16(17)20-19-15)12-5-3-2-4-6-12/h2-6,11,13H,7-10H2,1H3,(H,18,19). The Labute approximate surface area is 130 Å². The van der Waals surface area contributed by atoms with Crippen molar-refractivity contribution in [1.29, 1.82) is 0 Å². The molecule has 2 aromatic rings. The number of anilines is 1. The quantitative estimate of drug-likeness (QED) is 0.944. The van der Waals surface area contributed by atoms with Crippen LogP contribution in [0.5, 0.6) is 0 Å². The molecule has 3 rings (SSSR count). The fourth-order valence-electron chi connectivity index (χ4n) is 2.63. The maximum absolute atomic E-state index is 6.18. The zero-order valence-corrected chi connectivity index (χ0v) is 12.8. The van der Waals surface area contributed by atoms with Crippen LogP contribution in [-0.2, 0) is 0 Å². The molecule has 0 spiro atoms. The van der Waals surface area contributed by atoms with Gasteiger partial charge in [-0.1, -0.05) is 41.9 Å². The van der Waals surface area contributed by atoms with Crippen molar-refractivity contribution in [3.8, 4) is 11.1 Å². The number of halogens is 1. The van der Waals surface area contributed by atoms with Gasteiger partial charge < -0.3 is 10.2 Å². The molecule has 1 aliphatic heterocycles. The third-order valence-electron chi connectivity index (χ3n) is 3.90. The summed E-state index contributed by atoms with van der Waals surface area (Å²) in [7, 11) is 2.16. The minimum absolute atomic E-state index is 0.440. The molecule has 4 nitrogen and oxygen atoms in total. The summed E-state index contributed by atoms with van der Waals surface area (Å²) in [5.74, 6) is 0.799. The monoisotopic (exact) mass is 302 g/mol. The van der Waals surface area contributed by atoms with E-state index in [1.807, 2.05) is 36.4 Å². The Kier molecular flexibility index (Phi) is 4.36. The lowest BCUT2D eigenvalue weighted by Crippen LogP contribution is -2.36. The van der Waals surface area contributed by atoms with Gasteiger partial charge in [0.25, 0.3) is 0 Å². The summed E-state index contributed by atoms with van der Waals surface area (Å²) < 4.78 is 0. The van der Waals surface area contributed by atoms with Crippen molar-refractivity contribution < 1.29 is 0 Å². The molecular weight excluding hydrogens is 284 g/mol. The highest BCUT2D eigenvalue weighted by molar-refractivity contribution is 6.32. The fourth-order valence-corrected chi connectivity index (χ4v) is 2.83. The first kappa shape index (κ1) is 14.3. The van der Waals surface area contributed by atoms with Gasteiger partial charge >= 0.3 is 0 Å². The average molecular weight is 303 g/mol. The molecule has 1 saturated heterocycles. The van der Waals surface area contributed by atoms with Crippen molar-refractivity contribution in [1.82, 2.24) is 15.1 Å². The molecule has 1 aliphatic rings. The lowest BCUT2D eigenvalue weighted by molar-refractivity contribution is 0.263. The van der Waals surface area contributed by atoms with Crippen molar-refractivity contribution in [2.24, 2.45) is 0 Å². The summed E-state index contributed by atoms with van der Waals surface area (Å²) in [4.78, 5) is 2.35. The Hall–Kier alpha value is -1.65. The first-order valence-corrected chi connectivity index (χ1v) is 7.64. The predicted octanol–water partition coefficient (Wildman–Crippen LogP) is 3.30. The third-order valence-corrected chi connectivity index (χ3v) is 4.18. The van der Waals surface area contributed by atoms with Gasteiger partial charge in [-0.3, -0.25) is 0 Å². The number of rotatable bonds is 3. The van der Waals surface area contributed by atoms with E-state index in [2.05, 4.69) is 27.5 Å². The molecule has 1 aromatic heterocycles. The van der Waals surface area contributed by atoms with E-state index in [0.29, 0.717) is 11.2 Å². The molecule has 0 bridgehead atoms. The van der Waals surface area contributed by atoms with Crippen molar-refractivity contribution in [3.63, 3.8) is 0 Å². The van der Waals surface area contributed by atoms with Crippen LogP contribution in [0.2, 0.25) is 5.15 Å². The van der Waals surface area contributed by atoms with Crippen LogP contribution in [-0.4, -0.2) is 41.3 Å². The van der Waals surface area contributed by atoms with Crippen LogP contribution >= 0.6 is 11.6 Å². The third kappa shape index (κ3) is 3.52. The Bertz CT molecular complexity index is 594. The first-order valence-electron chi connectivity index (χ1n) is 7.26. The van der Waals surface area contributed by atoms with Crippen molar-refractivity contribution in [2.75, 3.05) is 25.5 Å². The van der Waals surface area contributed by atoms with Crippen LogP contribution in [0.3, 0.4) is 0 Å². The van der Waals surface area contributed by atoms with Crippen molar-refractivity contribution in [3.05, 3.63) is 41.6 Å². The SMILES string of the molecule is CN1CCC(Nc2cc(-c3ccccc3)c(Cl)nn2)CC1. The second kappa shape index (κ2) is 6.41. The average Bonchev–Trinajstić information content (AvgIpc) is 2.52. The molecular formula is C16H19ClN4. The number of likely N-dealkylation sites (tertiary alicyclic amines) is 1. The number of piperidine rings is 1. The number of nitrogens with zero attached hydrogens (tertiary/aromatic N) is 3.